The maximum Gasteiger partial charge on any atom is 0.137 e. The molecular weight excluding hydrogens is 649 g/mol. The lowest BCUT2D eigenvalue weighted by Gasteiger charge is -2.34. The molecule has 53 heavy (non-hydrogen) atoms. The quantitative estimate of drug-likeness (QED) is 0.167. The Morgan fingerprint density at radius 1 is 0.660 bits per heavy atom. The lowest BCUT2D eigenvalue weighted by molar-refractivity contribution is 0.482. The van der Waals surface area contributed by atoms with Gasteiger partial charge in [0.1, 0.15) is 17.3 Å². The number of aromatic nitrogens is 4. The van der Waals surface area contributed by atoms with Crippen LogP contribution in [0.15, 0.2) is 146 Å². The number of ether oxygens (including phenoxy) is 1. The molecule has 0 saturated carbocycles. The fourth-order valence-corrected chi connectivity index (χ4v) is 8.58. The van der Waals surface area contributed by atoms with Gasteiger partial charge in [-0.25, -0.2) is 9.67 Å². The largest absolute Gasteiger partial charge is 0.457 e. The van der Waals surface area contributed by atoms with Crippen molar-refractivity contribution in [3.63, 3.8) is 0 Å². The van der Waals surface area contributed by atoms with Gasteiger partial charge in [0, 0.05) is 46.3 Å². The van der Waals surface area contributed by atoms with E-state index in [-0.39, 0.29) is 5.92 Å². The molecule has 8 aromatic rings. The third-order valence-electron chi connectivity index (χ3n) is 10.9. The number of fused-ring (bicyclic) bond motifs is 3. The van der Waals surface area contributed by atoms with Gasteiger partial charge in [0.15, 0.2) is 0 Å². The summed E-state index contributed by atoms with van der Waals surface area (Å²) in [7, 11) is 0. The fraction of sp³-hybridized carbons (Fsp3) is 0.167. The van der Waals surface area contributed by atoms with Gasteiger partial charge in [-0.2, -0.15) is 5.10 Å². The molecule has 5 nitrogen and oxygen atoms in total. The number of hydrogen-bond acceptors (Lipinski definition) is 3. The molecule has 260 valence electrons. The van der Waals surface area contributed by atoms with E-state index in [1.165, 1.54) is 33.2 Å². The van der Waals surface area contributed by atoms with E-state index in [4.69, 9.17) is 14.8 Å². The number of para-hydroxylation sites is 1. The summed E-state index contributed by atoms with van der Waals surface area (Å²) in [5, 5.41) is 7.59. The van der Waals surface area contributed by atoms with Gasteiger partial charge in [0.25, 0.3) is 0 Å². The molecular formula is C48H42N4O. The number of aryl methyl sites for hydroxylation is 3. The first-order valence-corrected chi connectivity index (χ1v) is 18.6. The highest BCUT2D eigenvalue weighted by Gasteiger charge is 2.35. The van der Waals surface area contributed by atoms with Crippen LogP contribution in [0.3, 0.4) is 0 Å². The van der Waals surface area contributed by atoms with Crippen molar-refractivity contribution in [2.24, 2.45) is 0 Å². The van der Waals surface area contributed by atoms with E-state index in [2.05, 4.69) is 170 Å². The molecule has 0 aliphatic heterocycles. The van der Waals surface area contributed by atoms with Crippen molar-refractivity contribution < 1.29 is 4.74 Å². The van der Waals surface area contributed by atoms with Crippen molar-refractivity contribution in [3.05, 3.63) is 185 Å². The molecule has 0 radical (unpaired) electrons. The minimum atomic E-state index is 0.184. The van der Waals surface area contributed by atoms with E-state index >= 15 is 0 Å². The Kier molecular flexibility index (Phi) is 8.27. The minimum absolute atomic E-state index is 0.184. The van der Waals surface area contributed by atoms with Gasteiger partial charge in [0.2, 0.25) is 0 Å². The highest BCUT2D eigenvalue weighted by atomic mass is 16.5. The summed E-state index contributed by atoms with van der Waals surface area (Å²) in [6.45, 7) is 8.62. The maximum absolute atomic E-state index is 6.70. The molecule has 0 spiro atoms. The number of allylic oxidation sites excluding steroid dienone is 2. The van der Waals surface area contributed by atoms with Gasteiger partial charge in [-0.3, -0.25) is 4.57 Å². The van der Waals surface area contributed by atoms with Crippen LogP contribution in [0.2, 0.25) is 0 Å². The zero-order chi connectivity index (χ0) is 36.1. The standard InChI is InChI=1S/C48H42N4O/c1-31-24-25-49-46(28-31)51-44-21-12-11-18-42(44)43-23-22-38(30-45(43)51)53-39-27-32(2)26-37(29-39)52-34(4)47(33(3)50-52)48-40(35-14-7-5-8-15-35)19-13-20-41(48)36-16-9-6-10-17-36/h5-12,14-19,21-30,41,48H,13,20H2,1-4H3/t41-,48?/m1/s1. The average molecular weight is 691 g/mol. The van der Waals surface area contributed by atoms with Gasteiger partial charge in [-0.05, 0) is 117 Å². The third-order valence-corrected chi connectivity index (χ3v) is 10.9. The molecule has 0 amide bonds. The Labute approximate surface area is 310 Å². The summed E-state index contributed by atoms with van der Waals surface area (Å²) >= 11 is 0. The summed E-state index contributed by atoms with van der Waals surface area (Å²) in [5.74, 6) is 2.97. The average Bonchev–Trinajstić information content (AvgIpc) is 3.67. The molecule has 1 aliphatic carbocycles. The van der Waals surface area contributed by atoms with Crippen LogP contribution in [-0.2, 0) is 0 Å². The lowest BCUT2D eigenvalue weighted by atomic mass is 9.69. The van der Waals surface area contributed by atoms with Crippen LogP contribution >= 0.6 is 0 Å². The second kappa shape index (κ2) is 13.4. The second-order valence-electron chi connectivity index (χ2n) is 14.4. The zero-order valence-electron chi connectivity index (χ0n) is 30.6. The number of pyridine rings is 1. The molecule has 5 heteroatoms. The molecule has 9 rings (SSSR count). The molecule has 3 heterocycles. The predicted molar refractivity (Wildman–Crippen MR) is 217 cm³/mol. The van der Waals surface area contributed by atoms with Crippen molar-refractivity contribution in [2.45, 2.75) is 52.4 Å². The van der Waals surface area contributed by atoms with Crippen molar-refractivity contribution in [2.75, 3.05) is 0 Å². The summed E-state index contributed by atoms with van der Waals surface area (Å²) in [6, 6.07) is 47.3. The van der Waals surface area contributed by atoms with Gasteiger partial charge in [-0.1, -0.05) is 84.9 Å². The van der Waals surface area contributed by atoms with Crippen LogP contribution in [0.25, 0.3) is 38.9 Å². The number of rotatable bonds is 7. The SMILES string of the molecule is Cc1cc(Oc2ccc3c4ccccc4n(-c4cc(C)ccn4)c3c2)cc(-n2nc(C)c(C3C(c4ccccc4)=CCC[C@@H]3c3ccccc3)c2C)c1. The molecule has 5 aromatic carbocycles. The van der Waals surface area contributed by atoms with E-state index in [1.807, 2.05) is 12.3 Å². The van der Waals surface area contributed by atoms with Crippen molar-refractivity contribution in [1.29, 1.82) is 0 Å². The Bertz CT molecular complexity index is 2650. The van der Waals surface area contributed by atoms with Gasteiger partial charge >= 0.3 is 0 Å². The van der Waals surface area contributed by atoms with Crippen molar-refractivity contribution >= 4 is 27.4 Å². The highest BCUT2D eigenvalue weighted by molar-refractivity contribution is 6.09. The van der Waals surface area contributed by atoms with E-state index in [1.54, 1.807) is 0 Å². The molecule has 3 aromatic heterocycles. The zero-order valence-corrected chi connectivity index (χ0v) is 30.6. The summed E-state index contributed by atoms with van der Waals surface area (Å²) in [5.41, 5.74) is 13.0. The summed E-state index contributed by atoms with van der Waals surface area (Å²) in [6.07, 6.45) is 6.48. The van der Waals surface area contributed by atoms with E-state index in [0.717, 1.165) is 69.2 Å². The summed E-state index contributed by atoms with van der Waals surface area (Å²) in [4.78, 5) is 4.76. The van der Waals surface area contributed by atoms with Crippen LogP contribution in [0.5, 0.6) is 11.5 Å². The number of nitrogens with zero attached hydrogens (tertiary/aromatic N) is 4. The normalized spacial score (nSPS) is 15.9. The molecule has 2 atom stereocenters. The highest BCUT2D eigenvalue weighted by Crippen LogP contribution is 2.50. The number of benzene rings is 5. The first kappa shape index (κ1) is 32.7. The maximum atomic E-state index is 6.70. The molecule has 0 N–H and O–H groups in total. The predicted octanol–water partition coefficient (Wildman–Crippen LogP) is 12.1. The van der Waals surface area contributed by atoms with E-state index in [0.29, 0.717) is 5.92 Å². The van der Waals surface area contributed by atoms with Crippen LogP contribution in [0.1, 0.15) is 63.9 Å². The van der Waals surface area contributed by atoms with Gasteiger partial charge in [0.05, 0.1) is 22.4 Å². The van der Waals surface area contributed by atoms with Crippen LogP contribution in [-0.4, -0.2) is 19.3 Å². The lowest BCUT2D eigenvalue weighted by Crippen LogP contribution is -2.18. The molecule has 0 bridgehead atoms. The molecule has 0 fully saturated rings. The Balaban J connectivity index is 1.12. The van der Waals surface area contributed by atoms with Crippen LogP contribution < -0.4 is 4.74 Å². The Hall–Kier alpha value is -6.20. The van der Waals surface area contributed by atoms with Crippen molar-refractivity contribution in [1.82, 2.24) is 19.3 Å². The van der Waals surface area contributed by atoms with Gasteiger partial charge < -0.3 is 4.74 Å². The second-order valence-corrected chi connectivity index (χ2v) is 14.4. The fourth-order valence-electron chi connectivity index (χ4n) is 8.58. The van der Waals surface area contributed by atoms with Crippen molar-refractivity contribution in [3.8, 4) is 23.0 Å². The third kappa shape index (κ3) is 5.92. The van der Waals surface area contributed by atoms with Crippen LogP contribution in [0.4, 0.5) is 0 Å². The van der Waals surface area contributed by atoms with Crippen LogP contribution in [0, 0.1) is 27.7 Å². The Morgan fingerprint density at radius 2 is 1.42 bits per heavy atom. The van der Waals surface area contributed by atoms with Gasteiger partial charge in [-0.15, -0.1) is 0 Å². The van der Waals surface area contributed by atoms with E-state index in [9.17, 15) is 0 Å². The van der Waals surface area contributed by atoms with E-state index < -0.39 is 0 Å². The summed E-state index contributed by atoms with van der Waals surface area (Å²) < 4.78 is 11.1. The molecule has 0 saturated heterocycles. The topological polar surface area (TPSA) is 44.9 Å². The molecule has 1 unspecified atom stereocenters. The molecule has 1 aliphatic rings. The monoisotopic (exact) mass is 690 g/mol. The smallest absolute Gasteiger partial charge is 0.137 e. The first-order chi connectivity index (χ1) is 25.9. The number of hydrogen-bond donors (Lipinski definition) is 0. The minimum Gasteiger partial charge on any atom is -0.457 e. The first-order valence-electron chi connectivity index (χ1n) is 18.6. The Morgan fingerprint density at radius 3 is 2.23 bits per heavy atom.